The van der Waals surface area contributed by atoms with Gasteiger partial charge in [-0.25, -0.2) is 4.98 Å². The van der Waals surface area contributed by atoms with Crippen LogP contribution in [0.3, 0.4) is 0 Å². The van der Waals surface area contributed by atoms with Gasteiger partial charge in [0.2, 0.25) is 0 Å². The molecule has 2 aromatic rings. The van der Waals surface area contributed by atoms with Crippen LogP contribution in [0.15, 0.2) is 35.2 Å². The standard InChI is InChI=1S/C14H17NO/c1-10-5-6-11(14(2,3)4)7-12(10)13-8-15-9-16-13/h5-9H,1-4H3. The van der Waals surface area contributed by atoms with Gasteiger partial charge >= 0.3 is 0 Å². The Morgan fingerprint density at radius 1 is 1.19 bits per heavy atom. The third-order valence-electron chi connectivity index (χ3n) is 2.80. The van der Waals surface area contributed by atoms with Gasteiger partial charge in [-0.15, -0.1) is 0 Å². The molecule has 0 aliphatic rings. The molecule has 0 fully saturated rings. The Balaban J connectivity index is 2.54. The zero-order chi connectivity index (χ0) is 11.8. The number of hydrogen-bond donors (Lipinski definition) is 0. The van der Waals surface area contributed by atoms with Gasteiger partial charge in [0, 0.05) is 5.56 Å². The summed E-state index contributed by atoms with van der Waals surface area (Å²) in [5, 5.41) is 0. The van der Waals surface area contributed by atoms with E-state index in [-0.39, 0.29) is 5.41 Å². The van der Waals surface area contributed by atoms with E-state index in [0.29, 0.717) is 0 Å². The van der Waals surface area contributed by atoms with Crippen LogP contribution >= 0.6 is 0 Å². The Morgan fingerprint density at radius 3 is 2.50 bits per heavy atom. The molecule has 0 bridgehead atoms. The van der Waals surface area contributed by atoms with Crippen molar-refractivity contribution in [2.24, 2.45) is 0 Å². The summed E-state index contributed by atoms with van der Waals surface area (Å²) in [6.07, 6.45) is 3.23. The van der Waals surface area contributed by atoms with Crippen LogP contribution in [-0.4, -0.2) is 4.98 Å². The average molecular weight is 215 g/mol. The molecule has 1 aromatic carbocycles. The molecule has 2 rings (SSSR count). The number of nitrogens with zero attached hydrogens (tertiary/aromatic N) is 1. The summed E-state index contributed by atoms with van der Waals surface area (Å²) < 4.78 is 5.36. The minimum absolute atomic E-state index is 0.155. The maximum Gasteiger partial charge on any atom is 0.181 e. The minimum Gasteiger partial charge on any atom is -0.444 e. The maximum absolute atomic E-state index is 5.36. The first-order valence-corrected chi connectivity index (χ1v) is 5.48. The lowest BCUT2D eigenvalue weighted by atomic mass is 9.85. The summed E-state index contributed by atoms with van der Waals surface area (Å²) >= 11 is 0. The summed E-state index contributed by atoms with van der Waals surface area (Å²) in [6.45, 7) is 8.72. The molecule has 0 aliphatic heterocycles. The van der Waals surface area contributed by atoms with Crippen molar-refractivity contribution in [3.05, 3.63) is 41.9 Å². The molecule has 16 heavy (non-hydrogen) atoms. The number of oxazole rings is 1. The molecule has 2 heteroatoms. The fourth-order valence-corrected chi connectivity index (χ4v) is 1.70. The topological polar surface area (TPSA) is 26.0 Å². The van der Waals surface area contributed by atoms with E-state index in [0.717, 1.165) is 11.3 Å². The van der Waals surface area contributed by atoms with Crippen molar-refractivity contribution >= 4 is 0 Å². The van der Waals surface area contributed by atoms with E-state index in [9.17, 15) is 0 Å². The molecule has 0 saturated heterocycles. The second-order valence-corrected chi connectivity index (χ2v) is 5.15. The van der Waals surface area contributed by atoms with Gasteiger partial charge in [0.1, 0.15) is 0 Å². The van der Waals surface area contributed by atoms with Crippen LogP contribution in [0.5, 0.6) is 0 Å². The zero-order valence-corrected chi connectivity index (χ0v) is 10.2. The predicted octanol–water partition coefficient (Wildman–Crippen LogP) is 3.95. The molecule has 0 spiro atoms. The highest BCUT2D eigenvalue weighted by Crippen LogP contribution is 2.29. The predicted molar refractivity (Wildman–Crippen MR) is 65.4 cm³/mol. The Labute approximate surface area is 96.3 Å². The maximum atomic E-state index is 5.36. The normalized spacial score (nSPS) is 11.8. The van der Waals surface area contributed by atoms with E-state index in [4.69, 9.17) is 4.42 Å². The lowest BCUT2D eigenvalue weighted by molar-refractivity contribution is 0.569. The van der Waals surface area contributed by atoms with E-state index in [1.54, 1.807) is 6.20 Å². The molecule has 0 saturated carbocycles. The summed E-state index contributed by atoms with van der Waals surface area (Å²) in [4.78, 5) is 3.96. The molecule has 0 radical (unpaired) electrons. The van der Waals surface area contributed by atoms with Gasteiger partial charge in [-0.1, -0.05) is 32.9 Å². The molecule has 84 valence electrons. The van der Waals surface area contributed by atoms with Crippen molar-refractivity contribution in [2.75, 3.05) is 0 Å². The Bertz CT molecular complexity index is 478. The molecule has 0 amide bonds. The minimum atomic E-state index is 0.155. The van der Waals surface area contributed by atoms with E-state index in [2.05, 4.69) is 50.9 Å². The van der Waals surface area contributed by atoms with Crippen molar-refractivity contribution in [1.82, 2.24) is 4.98 Å². The van der Waals surface area contributed by atoms with Crippen LogP contribution in [0.2, 0.25) is 0 Å². The Kier molecular flexibility index (Phi) is 2.58. The highest BCUT2D eigenvalue weighted by molar-refractivity contribution is 5.62. The van der Waals surface area contributed by atoms with Gasteiger partial charge in [0.05, 0.1) is 6.20 Å². The molecule has 1 aromatic heterocycles. The number of hydrogen-bond acceptors (Lipinski definition) is 2. The molecular weight excluding hydrogens is 198 g/mol. The van der Waals surface area contributed by atoms with Gasteiger partial charge in [-0.2, -0.15) is 0 Å². The zero-order valence-electron chi connectivity index (χ0n) is 10.2. The van der Waals surface area contributed by atoms with Gasteiger partial charge in [-0.3, -0.25) is 0 Å². The molecule has 2 nitrogen and oxygen atoms in total. The van der Waals surface area contributed by atoms with Crippen molar-refractivity contribution in [3.8, 4) is 11.3 Å². The second-order valence-electron chi connectivity index (χ2n) is 5.15. The highest BCUT2D eigenvalue weighted by Gasteiger charge is 2.16. The molecule has 0 aliphatic carbocycles. The van der Waals surface area contributed by atoms with E-state index in [1.165, 1.54) is 17.5 Å². The van der Waals surface area contributed by atoms with Crippen molar-refractivity contribution < 1.29 is 4.42 Å². The molecule has 1 heterocycles. The Hall–Kier alpha value is -1.57. The van der Waals surface area contributed by atoms with Gasteiger partial charge in [0.25, 0.3) is 0 Å². The van der Waals surface area contributed by atoms with Gasteiger partial charge < -0.3 is 4.42 Å². The SMILES string of the molecule is Cc1ccc(C(C)(C)C)cc1-c1cnco1. The van der Waals surface area contributed by atoms with E-state index < -0.39 is 0 Å². The lowest BCUT2D eigenvalue weighted by Gasteiger charge is -2.20. The summed E-state index contributed by atoms with van der Waals surface area (Å²) in [5.41, 5.74) is 3.81. The first kappa shape index (κ1) is 10.9. The summed E-state index contributed by atoms with van der Waals surface area (Å²) in [5.74, 6) is 0.837. The van der Waals surface area contributed by atoms with Crippen LogP contribution in [-0.2, 0) is 5.41 Å². The van der Waals surface area contributed by atoms with Crippen LogP contribution < -0.4 is 0 Å². The fraction of sp³-hybridized carbons (Fsp3) is 0.357. The number of rotatable bonds is 1. The van der Waals surface area contributed by atoms with Crippen molar-refractivity contribution in [1.29, 1.82) is 0 Å². The van der Waals surface area contributed by atoms with Crippen LogP contribution in [0, 0.1) is 6.92 Å². The molecule has 0 unspecified atom stereocenters. The largest absolute Gasteiger partial charge is 0.444 e. The van der Waals surface area contributed by atoms with Crippen LogP contribution in [0.25, 0.3) is 11.3 Å². The van der Waals surface area contributed by atoms with Crippen molar-refractivity contribution in [3.63, 3.8) is 0 Å². The summed E-state index contributed by atoms with van der Waals surface area (Å²) in [6, 6.07) is 6.50. The smallest absolute Gasteiger partial charge is 0.181 e. The average Bonchev–Trinajstić information content (AvgIpc) is 2.69. The van der Waals surface area contributed by atoms with Gasteiger partial charge in [-0.05, 0) is 29.5 Å². The quantitative estimate of drug-likeness (QED) is 0.720. The molecular formula is C14H17NO. The fourth-order valence-electron chi connectivity index (χ4n) is 1.70. The van der Waals surface area contributed by atoms with Crippen LogP contribution in [0.4, 0.5) is 0 Å². The third kappa shape index (κ3) is 2.01. The van der Waals surface area contributed by atoms with Crippen LogP contribution in [0.1, 0.15) is 31.9 Å². The van der Waals surface area contributed by atoms with Crippen molar-refractivity contribution in [2.45, 2.75) is 33.1 Å². The van der Waals surface area contributed by atoms with Gasteiger partial charge in [0.15, 0.2) is 12.2 Å². The monoisotopic (exact) mass is 215 g/mol. The number of aromatic nitrogens is 1. The number of benzene rings is 1. The second kappa shape index (κ2) is 3.78. The summed E-state index contributed by atoms with van der Waals surface area (Å²) in [7, 11) is 0. The molecule has 0 N–H and O–H groups in total. The Morgan fingerprint density at radius 2 is 1.94 bits per heavy atom. The first-order valence-electron chi connectivity index (χ1n) is 5.48. The lowest BCUT2D eigenvalue weighted by Crippen LogP contribution is -2.11. The molecule has 0 atom stereocenters. The van der Waals surface area contributed by atoms with E-state index >= 15 is 0 Å². The van der Waals surface area contributed by atoms with E-state index in [1.807, 2.05) is 0 Å². The highest BCUT2D eigenvalue weighted by atomic mass is 16.3. The third-order valence-corrected chi connectivity index (χ3v) is 2.80. The number of aryl methyl sites for hydroxylation is 1. The first-order chi connectivity index (χ1) is 7.48.